The number of nitrogens with two attached hydrogens (primary N) is 2. The molecule has 0 heterocycles. The number of benzene rings is 1. The molecular weight excluding hydrogens is 266 g/mol. The van der Waals surface area contributed by atoms with Crippen molar-refractivity contribution in [2.24, 2.45) is 16.5 Å². The van der Waals surface area contributed by atoms with E-state index in [9.17, 15) is 0 Å². The molecule has 0 saturated carbocycles. The van der Waals surface area contributed by atoms with Crippen LogP contribution in [-0.4, -0.2) is 36.5 Å². The van der Waals surface area contributed by atoms with E-state index in [2.05, 4.69) is 4.99 Å². The van der Waals surface area contributed by atoms with Gasteiger partial charge in [-0.3, -0.25) is 15.3 Å². The highest BCUT2D eigenvalue weighted by molar-refractivity contribution is 5.95. The molecule has 0 aliphatic heterocycles. The lowest BCUT2D eigenvalue weighted by molar-refractivity contribution is 0.202. The Morgan fingerprint density at radius 2 is 1.95 bits per heavy atom. The number of nitrogens with one attached hydrogen (secondary N) is 1. The molecule has 0 aliphatic rings. The monoisotopic (exact) mass is 285 g/mol. The van der Waals surface area contributed by atoms with Gasteiger partial charge in [0.25, 0.3) is 0 Å². The quantitative estimate of drug-likeness (QED) is 0.568. The number of guanidine groups is 2. The van der Waals surface area contributed by atoms with Crippen molar-refractivity contribution in [3.63, 3.8) is 0 Å². The van der Waals surface area contributed by atoms with Crippen LogP contribution in [-0.2, 0) is 0 Å². The molecule has 1 atom stereocenters. The molecule has 0 radical (unpaired) electrons. The Kier molecular flexibility index (Phi) is 7.36. The number of halogens is 1. The number of rotatable bonds is 4. The first-order valence-electron chi connectivity index (χ1n) is 5.60. The minimum Gasteiger partial charge on any atom is -0.489 e. The van der Waals surface area contributed by atoms with Gasteiger partial charge in [-0.15, -0.1) is 12.4 Å². The summed E-state index contributed by atoms with van der Waals surface area (Å²) < 4.78 is 5.69. The summed E-state index contributed by atoms with van der Waals surface area (Å²) in [6, 6.07) is 9.44. The van der Waals surface area contributed by atoms with Crippen LogP contribution >= 0.6 is 12.4 Å². The predicted molar refractivity (Wildman–Crippen MR) is 79.9 cm³/mol. The van der Waals surface area contributed by atoms with Crippen molar-refractivity contribution < 1.29 is 4.74 Å². The lowest BCUT2D eigenvalue weighted by Gasteiger charge is -2.25. The van der Waals surface area contributed by atoms with E-state index < -0.39 is 0 Å². The normalized spacial score (nSPS) is 12.2. The third kappa shape index (κ3) is 5.48. The Hall–Kier alpha value is -1.95. The Labute approximate surface area is 119 Å². The minimum atomic E-state index is -0.170. The van der Waals surface area contributed by atoms with Gasteiger partial charge in [0.05, 0.1) is 6.54 Å². The molecule has 6 nitrogen and oxygen atoms in total. The molecule has 7 heteroatoms. The van der Waals surface area contributed by atoms with E-state index in [0.717, 1.165) is 5.75 Å². The summed E-state index contributed by atoms with van der Waals surface area (Å²) in [6.07, 6.45) is -0.170. The average molecular weight is 286 g/mol. The molecule has 0 bridgehead atoms. The number of ether oxygens (including phenoxy) is 1. The maximum atomic E-state index is 7.45. The first-order valence-corrected chi connectivity index (χ1v) is 5.60. The molecule has 5 N–H and O–H groups in total. The van der Waals surface area contributed by atoms with Gasteiger partial charge < -0.3 is 16.2 Å². The lowest BCUT2D eigenvalue weighted by atomic mass is 10.3. The van der Waals surface area contributed by atoms with Crippen LogP contribution in [0.3, 0.4) is 0 Å². The molecule has 0 amide bonds. The highest BCUT2D eigenvalue weighted by Gasteiger charge is 2.15. The summed E-state index contributed by atoms with van der Waals surface area (Å²) >= 11 is 0. The third-order valence-corrected chi connectivity index (χ3v) is 2.32. The Morgan fingerprint density at radius 3 is 2.42 bits per heavy atom. The van der Waals surface area contributed by atoms with E-state index in [4.69, 9.17) is 21.6 Å². The molecule has 1 aromatic rings. The zero-order chi connectivity index (χ0) is 13.5. The van der Waals surface area contributed by atoms with Crippen molar-refractivity contribution in [3.05, 3.63) is 30.3 Å². The van der Waals surface area contributed by atoms with Crippen LogP contribution in [0.25, 0.3) is 0 Å². The van der Waals surface area contributed by atoms with Crippen molar-refractivity contribution in [2.45, 2.75) is 13.0 Å². The van der Waals surface area contributed by atoms with Crippen LogP contribution in [0.4, 0.5) is 0 Å². The standard InChI is InChI=1S/C12H19N5O.ClH/c1-9(18-10-6-4-3-5-7-10)8-17(11(13)14)12(15)16-2;/h3-7,9H,8H2,1-2H3,(H3,13,14)(H2,15,16);1H. The molecule has 0 fully saturated rings. The largest absolute Gasteiger partial charge is 0.489 e. The second kappa shape index (κ2) is 8.20. The lowest BCUT2D eigenvalue weighted by Crippen LogP contribution is -2.49. The molecule has 1 rings (SSSR count). The number of nitrogens with zero attached hydrogens (tertiary/aromatic N) is 2. The van der Waals surface area contributed by atoms with Crippen molar-refractivity contribution in [1.82, 2.24) is 4.90 Å². The van der Waals surface area contributed by atoms with Crippen LogP contribution in [0.15, 0.2) is 35.3 Å². The van der Waals surface area contributed by atoms with E-state index >= 15 is 0 Å². The van der Waals surface area contributed by atoms with Gasteiger partial charge in [0.2, 0.25) is 0 Å². The van der Waals surface area contributed by atoms with Gasteiger partial charge >= 0.3 is 0 Å². The number of aliphatic imine (C=N–C) groups is 1. The van der Waals surface area contributed by atoms with Gasteiger partial charge in [-0.1, -0.05) is 18.2 Å². The Bertz CT molecular complexity index is 423. The summed E-state index contributed by atoms with van der Waals surface area (Å²) in [4.78, 5) is 5.21. The zero-order valence-corrected chi connectivity index (χ0v) is 11.9. The van der Waals surface area contributed by atoms with Crippen molar-refractivity contribution in [3.8, 4) is 5.75 Å². The van der Waals surface area contributed by atoms with Crippen molar-refractivity contribution in [2.75, 3.05) is 13.6 Å². The van der Waals surface area contributed by atoms with Gasteiger partial charge in [0.1, 0.15) is 11.9 Å². The summed E-state index contributed by atoms with van der Waals surface area (Å²) in [5, 5.41) is 7.45. The molecule has 0 saturated heterocycles. The molecule has 19 heavy (non-hydrogen) atoms. The van der Waals surface area contributed by atoms with E-state index in [1.807, 2.05) is 37.3 Å². The maximum Gasteiger partial charge on any atom is 0.197 e. The molecule has 0 spiro atoms. The molecule has 1 unspecified atom stereocenters. The van der Waals surface area contributed by atoms with Gasteiger partial charge in [0, 0.05) is 7.05 Å². The fraction of sp³-hybridized carbons (Fsp3) is 0.333. The summed E-state index contributed by atoms with van der Waals surface area (Å²) in [5.41, 5.74) is 11.1. The van der Waals surface area contributed by atoms with Crippen LogP contribution in [0, 0.1) is 5.41 Å². The van der Waals surface area contributed by atoms with E-state index in [-0.39, 0.29) is 30.4 Å². The third-order valence-electron chi connectivity index (χ3n) is 2.32. The van der Waals surface area contributed by atoms with Crippen LogP contribution in [0.2, 0.25) is 0 Å². The highest BCUT2D eigenvalue weighted by atomic mass is 35.5. The van der Waals surface area contributed by atoms with Crippen LogP contribution in [0.5, 0.6) is 5.75 Å². The molecule has 1 aromatic carbocycles. The highest BCUT2D eigenvalue weighted by Crippen LogP contribution is 2.11. The first kappa shape index (κ1) is 17.1. The first-order chi connectivity index (χ1) is 8.54. The predicted octanol–water partition coefficient (Wildman–Crippen LogP) is 1.02. The smallest absolute Gasteiger partial charge is 0.197 e. The van der Waals surface area contributed by atoms with Crippen molar-refractivity contribution >= 4 is 24.3 Å². The van der Waals surface area contributed by atoms with Gasteiger partial charge in [-0.25, -0.2) is 0 Å². The number of hydrogen-bond donors (Lipinski definition) is 3. The van der Waals surface area contributed by atoms with Crippen LogP contribution in [0.1, 0.15) is 6.92 Å². The second-order valence-electron chi connectivity index (χ2n) is 3.82. The number of para-hydroxylation sites is 1. The van der Waals surface area contributed by atoms with E-state index in [1.165, 1.54) is 4.90 Å². The molecule has 0 aromatic heterocycles. The average Bonchev–Trinajstić information content (AvgIpc) is 2.36. The fourth-order valence-corrected chi connectivity index (χ4v) is 1.46. The Balaban J connectivity index is 0.00000324. The van der Waals surface area contributed by atoms with Crippen molar-refractivity contribution in [1.29, 1.82) is 5.41 Å². The zero-order valence-electron chi connectivity index (χ0n) is 11.0. The topological polar surface area (TPSA) is 101 Å². The van der Waals surface area contributed by atoms with Crippen LogP contribution < -0.4 is 16.2 Å². The molecular formula is C12H20ClN5O. The van der Waals surface area contributed by atoms with Gasteiger partial charge in [0.15, 0.2) is 11.9 Å². The summed E-state index contributed by atoms with van der Waals surface area (Å²) in [5.74, 6) is 0.813. The van der Waals surface area contributed by atoms with Gasteiger partial charge in [-0.2, -0.15) is 0 Å². The fourth-order valence-electron chi connectivity index (χ4n) is 1.46. The molecule has 0 aliphatic carbocycles. The summed E-state index contributed by atoms with van der Waals surface area (Å²) in [7, 11) is 1.55. The number of hydrogen-bond acceptors (Lipinski definition) is 3. The second-order valence-corrected chi connectivity index (χ2v) is 3.82. The Morgan fingerprint density at radius 1 is 1.37 bits per heavy atom. The van der Waals surface area contributed by atoms with E-state index in [0.29, 0.717) is 6.54 Å². The van der Waals surface area contributed by atoms with Gasteiger partial charge in [-0.05, 0) is 19.1 Å². The minimum absolute atomic E-state index is 0. The van der Waals surface area contributed by atoms with E-state index in [1.54, 1.807) is 7.05 Å². The maximum absolute atomic E-state index is 7.45. The summed E-state index contributed by atoms with van der Waals surface area (Å²) in [6.45, 7) is 2.25. The SMILES string of the molecule is CN=C(N)N(CC(C)Oc1ccccc1)C(=N)N.Cl. The molecule has 106 valence electrons.